The Kier molecular flexibility index (Phi) is 7.58. The number of rotatable bonds is 7. The van der Waals surface area contributed by atoms with Crippen LogP contribution in [0.3, 0.4) is 0 Å². The van der Waals surface area contributed by atoms with E-state index in [-0.39, 0.29) is 30.3 Å². The van der Waals surface area contributed by atoms with Crippen LogP contribution in [0.5, 0.6) is 0 Å². The quantitative estimate of drug-likeness (QED) is 0.640. The van der Waals surface area contributed by atoms with Crippen molar-refractivity contribution < 1.29 is 27.5 Å². The van der Waals surface area contributed by atoms with Crippen molar-refractivity contribution in [3.05, 3.63) is 53.1 Å². The summed E-state index contributed by atoms with van der Waals surface area (Å²) in [6.07, 6.45) is 0.884. The van der Waals surface area contributed by atoms with E-state index in [1.54, 1.807) is 4.57 Å². The van der Waals surface area contributed by atoms with Crippen LogP contribution in [0, 0.1) is 11.8 Å². The molecule has 0 radical (unpaired) electrons. The van der Waals surface area contributed by atoms with Gasteiger partial charge in [0, 0.05) is 19.5 Å². The van der Waals surface area contributed by atoms with Gasteiger partial charge in [0.05, 0.1) is 24.8 Å². The van der Waals surface area contributed by atoms with Gasteiger partial charge >= 0.3 is 12.1 Å². The number of nitrogens with zero attached hydrogens (tertiary/aromatic N) is 2. The lowest BCUT2D eigenvalue weighted by molar-refractivity contribution is -0.146. The fourth-order valence-electron chi connectivity index (χ4n) is 4.13. The number of halogens is 3. The standard InChI is InChI=1S/C23H28F3N3O3/c1-3-20-27-13-19(29(20)14-16-6-10-18(11-7-16)23(24,25)26)21(30)28-12-15-4-8-17(9-5-15)22(31)32-2/h6-7,10-11,13,15,17H,3-5,8-9,12,14H2,1-2H3,(H,28,30). The molecule has 0 aliphatic heterocycles. The summed E-state index contributed by atoms with van der Waals surface area (Å²) in [5.41, 5.74) is 0.327. The van der Waals surface area contributed by atoms with Gasteiger partial charge in [-0.05, 0) is 49.3 Å². The molecule has 6 nitrogen and oxygen atoms in total. The number of hydrogen-bond donors (Lipinski definition) is 1. The van der Waals surface area contributed by atoms with Gasteiger partial charge in [-0.3, -0.25) is 9.59 Å². The Bertz CT molecular complexity index is 930. The molecule has 1 saturated carbocycles. The summed E-state index contributed by atoms with van der Waals surface area (Å²) in [5.74, 6) is 0.473. The molecule has 1 N–H and O–H groups in total. The molecule has 0 bridgehead atoms. The molecular formula is C23H28F3N3O3. The fraction of sp³-hybridized carbons (Fsp3) is 0.522. The third-order valence-electron chi connectivity index (χ3n) is 6.04. The molecule has 1 fully saturated rings. The molecule has 0 spiro atoms. The molecule has 174 valence electrons. The largest absolute Gasteiger partial charge is 0.469 e. The van der Waals surface area contributed by atoms with Crippen molar-refractivity contribution in [1.29, 1.82) is 0 Å². The second-order valence-electron chi connectivity index (χ2n) is 8.14. The van der Waals surface area contributed by atoms with Crippen LogP contribution in [0.15, 0.2) is 30.5 Å². The summed E-state index contributed by atoms with van der Waals surface area (Å²) in [6, 6.07) is 4.93. The predicted molar refractivity (Wildman–Crippen MR) is 112 cm³/mol. The fourth-order valence-corrected chi connectivity index (χ4v) is 4.13. The van der Waals surface area contributed by atoms with Crippen LogP contribution in [0.25, 0.3) is 0 Å². The van der Waals surface area contributed by atoms with Crippen molar-refractivity contribution in [1.82, 2.24) is 14.9 Å². The minimum Gasteiger partial charge on any atom is -0.469 e. The van der Waals surface area contributed by atoms with Crippen LogP contribution in [0.4, 0.5) is 13.2 Å². The molecule has 1 aromatic carbocycles. The number of carbonyl (C=O) groups excluding carboxylic acids is 2. The number of imidazole rings is 1. The third-order valence-corrected chi connectivity index (χ3v) is 6.04. The Morgan fingerprint density at radius 2 is 1.81 bits per heavy atom. The number of aromatic nitrogens is 2. The van der Waals surface area contributed by atoms with Gasteiger partial charge in [0.15, 0.2) is 0 Å². The number of carbonyl (C=O) groups is 2. The summed E-state index contributed by atoms with van der Waals surface area (Å²) < 4.78 is 45.0. The van der Waals surface area contributed by atoms with Gasteiger partial charge < -0.3 is 14.6 Å². The Labute approximate surface area is 185 Å². The lowest BCUT2D eigenvalue weighted by Crippen LogP contribution is -2.33. The molecule has 1 aliphatic carbocycles. The van der Waals surface area contributed by atoms with E-state index in [0.717, 1.165) is 37.8 Å². The summed E-state index contributed by atoms with van der Waals surface area (Å²) in [7, 11) is 1.40. The van der Waals surface area contributed by atoms with E-state index in [9.17, 15) is 22.8 Å². The number of esters is 1. The lowest BCUT2D eigenvalue weighted by atomic mass is 9.82. The van der Waals surface area contributed by atoms with E-state index in [4.69, 9.17) is 4.74 Å². The molecule has 9 heteroatoms. The molecule has 0 atom stereocenters. The first-order valence-corrected chi connectivity index (χ1v) is 10.8. The van der Waals surface area contributed by atoms with Gasteiger partial charge in [0.1, 0.15) is 11.5 Å². The Balaban J connectivity index is 1.63. The molecule has 0 saturated heterocycles. The number of alkyl halides is 3. The number of amides is 1. The number of hydrogen-bond acceptors (Lipinski definition) is 4. The monoisotopic (exact) mass is 451 g/mol. The highest BCUT2D eigenvalue weighted by Crippen LogP contribution is 2.30. The topological polar surface area (TPSA) is 73.2 Å². The van der Waals surface area contributed by atoms with Crippen molar-refractivity contribution >= 4 is 11.9 Å². The number of methoxy groups -OCH3 is 1. The minimum atomic E-state index is -4.39. The molecule has 2 aromatic rings. The van der Waals surface area contributed by atoms with Crippen molar-refractivity contribution in [2.24, 2.45) is 11.8 Å². The summed E-state index contributed by atoms with van der Waals surface area (Å²) >= 11 is 0. The molecule has 0 unspecified atom stereocenters. The van der Waals surface area contributed by atoms with Crippen molar-refractivity contribution in [2.45, 2.75) is 51.7 Å². The van der Waals surface area contributed by atoms with E-state index in [1.165, 1.54) is 25.4 Å². The highest BCUT2D eigenvalue weighted by Gasteiger charge is 2.30. The zero-order valence-electron chi connectivity index (χ0n) is 18.2. The van der Waals surface area contributed by atoms with Gasteiger partial charge in [-0.1, -0.05) is 19.1 Å². The van der Waals surface area contributed by atoms with Crippen LogP contribution in [-0.4, -0.2) is 35.1 Å². The zero-order valence-corrected chi connectivity index (χ0v) is 18.2. The molecule has 1 amide bonds. The summed E-state index contributed by atoms with van der Waals surface area (Å²) in [5, 5.41) is 2.95. The van der Waals surface area contributed by atoms with E-state index in [0.29, 0.717) is 30.0 Å². The van der Waals surface area contributed by atoms with Gasteiger partial charge in [0.25, 0.3) is 5.91 Å². The van der Waals surface area contributed by atoms with Crippen molar-refractivity contribution in [3.8, 4) is 0 Å². The number of benzene rings is 1. The molecule has 1 heterocycles. The second kappa shape index (κ2) is 10.2. The van der Waals surface area contributed by atoms with Gasteiger partial charge in [-0.25, -0.2) is 4.98 Å². The minimum absolute atomic E-state index is 0.0655. The van der Waals surface area contributed by atoms with E-state index in [2.05, 4.69) is 10.3 Å². The van der Waals surface area contributed by atoms with Crippen molar-refractivity contribution in [3.63, 3.8) is 0 Å². The first-order chi connectivity index (χ1) is 15.2. The van der Waals surface area contributed by atoms with Crippen LogP contribution >= 0.6 is 0 Å². The zero-order chi connectivity index (χ0) is 23.3. The smallest absolute Gasteiger partial charge is 0.416 e. The maximum absolute atomic E-state index is 12.8. The number of aryl methyl sites for hydroxylation is 1. The van der Waals surface area contributed by atoms with Gasteiger partial charge in [-0.2, -0.15) is 13.2 Å². The lowest BCUT2D eigenvalue weighted by Gasteiger charge is -2.27. The van der Waals surface area contributed by atoms with E-state index >= 15 is 0 Å². The summed E-state index contributed by atoms with van der Waals surface area (Å²) in [6.45, 7) is 2.67. The van der Waals surface area contributed by atoms with Crippen LogP contribution in [0.2, 0.25) is 0 Å². The SMILES string of the molecule is CCc1ncc(C(=O)NCC2CCC(C(=O)OC)CC2)n1Cc1ccc(C(F)(F)F)cc1. The molecule has 3 rings (SSSR count). The van der Waals surface area contributed by atoms with E-state index in [1.807, 2.05) is 6.92 Å². The Morgan fingerprint density at radius 1 is 1.16 bits per heavy atom. The Hall–Kier alpha value is -2.84. The molecule has 1 aliphatic rings. The average Bonchev–Trinajstić information content (AvgIpc) is 3.19. The normalized spacial score (nSPS) is 18.9. The van der Waals surface area contributed by atoms with Crippen molar-refractivity contribution in [2.75, 3.05) is 13.7 Å². The number of ether oxygens (including phenoxy) is 1. The highest BCUT2D eigenvalue weighted by atomic mass is 19.4. The third kappa shape index (κ3) is 5.69. The van der Waals surface area contributed by atoms with Gasteiger partial charge in [0.2, 0.25) is 0 Å². The molecule has 32 heavy (non-hydrogen) atoms. The maximum Gasteiger partial charge on any atom is 0.416 e. The van der Waals surface area contributed by atoms with E-state index < -0.39 is 11.7 Å². The first-order valence-electron chi connectivity index (χ1n) is 10.8. The second-order valence-corrected chi connectivity index (χ2v) is 8.14. The molecule has 1 aromatic heterocycles. The number of nitrogens with one attached hydrogen (secondary N) is 1. The predicted octanol–water partition coefficient (Wildman–Crippen LogP) is 4.22. The maximum atomic E-state index is 12.8. The summed E-state index contributed by atoms with van der Waals surface area (Å²) in [4.78, 5) is 28.8. The van der Waals surface area contributed by atoms with Crippen LogP contribution in [0.1, 0.15) is 60.0 Å². The van der Waals surface area contributed by atoms with Crippen LogP contribution in [-0.2, 0) is 28.7 Å². The first kappa shape index (κ1) is 23.8. The Morgan fingerprint density at radius 3 is 2.38 bits per heavy atom. The van der Waals surface area contributed by atoms with Crippen LogP contribution < -0.4 is 5.32 Å². The van der Waals surface area contributed by atoms with Gasteiger partial charge in [-0.15, -0.1) is 0 Å². The average molecular weight is 451 g/mol. The molecular weight excluding hydrogens is 423 g/mol. The highest BCUT2D eigenvalue weighted by molar-refractivity contribution is 5.92.